The molecule has 21 heavy (non-hydrogen) atoms. The Hall–Kier alpha value is -0.580. The lowest BCUT2D eigenvalue weighted by Crippen LogP contribution is -2.53. The summed E-state index contributed by atoms with van der Waals surface area (Å²) < 4.78 is 12.1. The van der Waals surface area contributed by atoms with E-state index >= 15 is 0 Å². The van der Waals surface area contributed by atoms with E-state index in [-0.39, 0.29) is 0 Å². The Morgan fingerprint density at radius 3 is 2.95 bits per heavy atom. The highest BCUT2D eigenvalue weighted by Gasteiger charge is 2.62. The average molecular weight is 294 g/mol. The molecule has 2 bridgehead atoms. The van der Waals surface area contributed by atoms with Crippen LogP contribution in [0.1, 0.15) is 58.3 Å². The van der Waals surface area contributed by atoms with E-state index in [1.165, 1.54) is 32.1 Å². The molecule has 0 aromatic rings. The standard InChI is InChI=1S/C17H26O4/c1-12-10-14-4-3-5-15(11-14)17(12)19-16(20-21-17)7-6-13(2)18-9-8-16/h12,14-15H,2-11H2,1H3. The van der Waals surface area contributed by atoms with Crippen LogP contribution in [0.4, 0.5) is 0 Å². The SMILES string of the molecule is C=C1CCC2(CCO1)OOC1(O2)C(C)CC2CCCC1C2. The Morgan fingerprint density at radius 1 is 1.14 bits per heavy atom. The van der Waals surface area contributed by atoms with Crippen LogP contribution in [0.25, 0.3) is 0 Å². The van der Waals surface area contributed by atoms with Crippen molar-refractivity contribution in [2.75, 3.05) is 6.61 Å². The third-order valence-corrected chi connectivity index (χ3v) is 5.97. The van der Waals surface area contributed by atoms with Crippen molar-refractivity contribution >= 4 is 0 Å². The number of ether oxygens (including phenoxy) is 2. The topological polar surface area (TPSA) is 36.9 Å². The second-order valence-corrected chi connectivity index (χ2v) is 7.40. The normalized spacial score (nSPS) is 50.1. The number of fused-ring (bicyclic) bond motifs is 3. The van der Waals surface area contributed by atoms with Gasteiger partial charge >= 0.3 is 0 Å². The summed E-state index contributed by atoms with van der Waals surface area (Å²) in [5.74, 6) is 1.40. The van der Waals surface area contributed by atoms with E-state index in [2.05, 4.69) is 13.5 Å². The summed E-state index contributed by atoms with van der Waals surface area (Å²) >= 11 is 0. The van der Waals surface area contributed by atoms with Crippen molar-refractivity contribution in [3.05, 3.63) is 12.3 Å². The van der Waals surface area contributed by atoms with Crippen molar-refractivity contribution in [3.63, 3.8) is 0 Å². The molecule has 0 amide bonds. The lowest BCUT2D eigenvalue weighted by atomic mass is 9.64. The van der Waals surface area contributed by atoms with Gasteiger partial charge in [-0.1, -0.05) is 26.3 Å². The fourth-order valence-corrected chi connectivity index (χ4v) is 4.80. The van der Waals surface area contributed by atoms with Gasteiger partial charge in [-0.2, -0.15) is 9.78 Å². The smallest absolute Gasteiger partial charge is 0.210 e. The summed E-state index contributed by atoms with van der Waals surface area (Å²) in [5.41, 5.74) is 0. The van der Waals surface area contributed by atoms with Gasteiger partial charge in [0.15, 0.2) is 0 Å². The minimum absolute atomic E-state index is 0.397. The zero-order valence-electron chi connectivity index (χ0n) is 12.9. The van der Waals surface area contributed by atoms with Gasteiger partial charge < -0.3 is 9.47 Å². The summed E-state index contributed by atoms with van der Waals surface area (Å²) in [6.07, 6.45) is 8.56. The molecule has 4 heteroatoms. The summed E-state index contributed by atoms with van der Waals surface area (Å²) in [6.45, 7) is 6.78. The lowest BCUT2D eigenvalue weighted by Gasteiger charge is -2.48. The molecular weight excluding hydrogens is 268 g/mol. The summed E-state index contributed by atoms with van der Waals surface area (Å²) in [6, 6.07) is 0. The lowest BCUT2D eigenvalue weighted by molar-refractivity contribution is -0.378. The van der Waals surface area contributed by atoms with E-state index in [4.69, 9.17) is 19.2 Å². The molecule has 4 rings (SSSR count). The molecule has 2 heterocycles. The maximum atomic E-state index is 6.58. The van der Waals surface area contributed by atoms with E-state index in [0.29, 0.717) is 18.4 Å². The van der Waals surface area contributed by atoms with Crippen molar-refractivity contribution in [3.8, 4) is 0 Å². The van der Waals surface area contributed by atoms with Gasteiger partial charge in [0.25, 0.3) is 0 Å². The van der Waals surface area contributed by atoms with E-state index < -0.39 is 11.6 Å². The van der Waals surface area contributed by atoms with E-state index in [1.807, 2.05) is 0 Å². The largest absolute Gasteiger partial charge is 0.498 e. The summed E-state index contributed by atoms with van der Waals surface area (Å²) in [7, 11) is 0. The third kappa shape index (κ3) is 2.23. The number of hydrogen-bond acceptors (Lipinski definition) is 4. The number of allylic oxidation sites excluding steroid dienone is 1. The molecule has 2 aliphatic heterocycles. The van der Waals surface area contributed by atoms with Gasteiger partial charge in [0.05, 0.1) is 12.4 Å². The molecule has 5 unspecified atom stereocenters. The molecule has 0 aromatic carbocycles. The molecule has 0 radical (unpaired) electrons. The van der Waals surface area contributed by atoms with Crippen molar-refractivity contribution in [2.24, 2.45) is 17.8 Å². The molecule has 2 saturated heterocycles. The molecule has 2 spiro atoms. The molecule has 4 fully saturated rings. The fourth-order valence-electron chi connectivity index (χ4n) is 4.80. The molecule has 2 saturated carbocycles. The van der Waals surface area contributed by atoms with Crippen LogP contribution in [0.2, 0.25) is 0 Å². The Labute approximate surface area is 126 Å². The van der Waals surface area contributed by atoms with Crippen LogP contribution in [-0.2, 0) is 19.2 Å². The first-order chi connectivity index (χ1) is 10.1. The van der Waals surface area contributed by atoms with E-state index in [1.54, 1.807) is 0 Å². The minimum atomic E-state index is -0.627. The zero-order chi connectivity index (χ0) is 14.5. The second kappa shape index (κ2) is 4.97. The molecule has 0 N–H and O–H groups in total. The highest BCUT2D eigenvalue weighted by atomic mass is 17.3. The second-order valence-electron chi connectivity index (χ2n) is 7.40. The summed E-state index contributed by atoms with van der Waals surface area (Å²) in [4.78, 5) is 11.8. The van der Waals surface area contributed by atoms with Gasteiger partial charge in [0, 0.05) is 31.1 Å². The Bertz CT molecular complexity index is 435. The van der Waals surface area contributed by atoms with Crippen LogP contribution in [0.15, 0.2) is 12.3 Å². The van der Waals surface area contributed by atoms with Crippen molar-refractivity contribution in [2.45, 2.75) is 69.9 Å². The fraction of sp³-hybridized carbons (Fsp3) is 0.882. The van der Waals surface area contributed by atoms with E-state index in [9.17, 15) is 0 Å². The number of rotatable bonds is 0. The Morgan fingerprint density at radius 2 is 2.05 bits per heavy atom. The predicted octanol–water partition coefficient (Wildman–Crippen LogP) is 3.92. The van der Waals surface area contributed by atoms with Crippen LogP contribution in [0, 0.1) is 17.8 Å². The first-order valence-corrected chi connectivity index (χ1v) is 8.49. The molecule has 0 aromatic heterocycles. The molecular formula is C17H26O4. The van der Waals surface area contributed by atoms with Gasteiger partial charge in [0.2, 0.25) is 11.6 Å². The Balaban J connectivity index is 1.57. The molecule has 5 atom stereocenters. The molecule has 2 aliphatic carbocycles. The summed E-state index contributed by atoms with van der Waals surface area (Å²) in [5, 5.41) is 0. The first kappa shape index (κ1) is 14.0. The van der Waals surface area contributed by atoms with Crippen LogP contribution in [-0.4, -0.2) is 18.2 Å². The quantitative estimate of drug-likeness (QED) is 0.635. The maximum absolute atomic E-state index is 6.58. The van der Waals surface area contributed by atoms with Crippen LogP contribution in [0.3, 0.4) is 0 Å². The number of hydrogen-bond donors (Lipinski definition) is 0. The highest BCUT2D eigenvalue weighted by molar-refractivity contribution is 4.99. The van der Waals surface area contributed by atoms with Gasteiger partial charge in [-0.25, -0.2) is 0 Å². The van der Waals surface area contributed by atoms with E-state index in [0.717, 1.165) is 30.9 Å². The predicted molar refractivity (Wildman–Crippen MR) is 76.9 cm³/mol. The molecule has 4 nitrogen and oxygen atoms in total. The minimum Gasteiger partial charge on any atom is -0.498 e. The average Bonchev–Trinajstić information content (AvgIpc) is 2.76. The highest BCUT2D eigenvalue weighted by Crippen LogP contribution is 2.56. The first-order valence-electron chi connectivity index (χ1n) is 8.49. The van der Waals surface area contributed by atoms with Crippen LogP contribution < -0.4 is 0 Å². The van der Waals surface area contributed by atoms with Gasteiger partial charge in [-0.3, -0.25) is 0 Å². The Kier molecular flexibility index (Phi) is 3.32. The zero-order valence-corrected chi connectivity index (χ0v) is 12.9. The van der Waals surface area contributed by atoms with Gasteiger partial charge in [0.1, 0.15) is 0 Å². The van der Waals surface area contributed by atoms with Gasteiger partial charge in [-0.15, -0.1) is 0 Å². The monoisotopic (exact) mass is 294 g/mol. The molecule has 4 aliphatic rings. The van der Waals surface area contributed by atoms with Crippen LogP contribution >= 0.6 is 0 Å². The van der Waals surface area contributed by atoms with Gasteiger partial charge in [-0.05, 0) is 25.2 Å². The van der Waals surface area contributed by atoms with Crippen molar-refractivity contribution < 1.29 is 19.2 Å². The van der Waals surface area contributed by atoms with Crippen LogP contribution in [0.5, 0.6) is 0 Å². The maximum Gasteiger partial charge on any atom is 0.210 e. The third-order valence-electron chi connectivity index (χ3n) is 5.97. The molecule has 118 valence electrons. The van der Waals surface area contributed by atoms with Crippen molar-refractivity contribution in [1.82, 2.24) is 0 Å². The van der Waals surface area contributed by atoms with Crippen molar-refractivity contribution in [1.29, 1.82) is 0 Å².